The number of ether oxygens (including phenoxy) is 1. The molecule has 0 aliphatic carbocycles. The summed E-state index contributed by atoms with van der Waals surface area (Å²) in [7, 11) is 0. The number of hydrogen-bond donors (Lipinski definition) is 3. The van der Waals surface area contributed by atoms with Gasteiger partial charge in [0.15, 0.2) is 0 Å². The van der Waals surface area contributed by atoms with Crippen LogP contribution in [0.3, 0.4) is 0 Å². The van der Waals surface area contributed by atoms with Gasteiger partial charge in [0.2, 0.25) is 5.91 Å². The first-order valence-corrected chi connectivity index (χ1v) is 32.6. The molecule has 0 aromatic rings. The monoisotopic (exact) mass is 1010 g/mol. The highest BCUT2D eigenvalue weighted by Crippen LogP contribution is 2.18. The molecule has 0 saturated carbocycles. The van der Waals surface area contributed by atoms with Crippen molar-refractivity contribution in [2.75, 3.05) is 13.2 Å². The SMILES string of the molecule is CCCCCC/C=C\C/C=C\CCCCCCCC(=O)OCCCCCCCCCCCCCCCCCCCCCCCCCCCCC(=O)NC(CO)C(O)CCCCCCCCCCCCCCC. The molecule has 2 atom stereocenters. The van der Waals surface area contributed by atoms with Crippen molar-refractivity contribution in [3.8, 4) is 0 Å². The van der Waals surface area contributed by atoms with E-state index in [-0.39, 0.29) is 18.5 Å². The van der Waals surface area contributed by atoms with E-state index in [1.165, 1.54) is 276 Å². The topological polar surface area (TPSA) is 95.9 Å². The van der Waals surface area contributed by atoms with E-state index in [9.17, 15) is 19.8 Å². The molecule has 3 N–H and O–H groups in total. The first-order chi connectivity index (χ1) is 35.5. The standard InChI is InChI=1S/C66H127NO5/c1-3-5-7-9-11-13-15-17-18-32-36-40-44-48-52-56-60-66(71)72-61-57-53-49-45-41-37-33-30-28-26-24-22-20-19-21-23-25-27-29-31-35-39-43-47-51-55-59-65(70)67-63(62-68)64(69)58-54-50-46-42-38-34-16-14-12-10-8-6-4-2/h13,15,18,32,63-64,68-69H,3-12,14,16-17,19-31,33-62H2,1-2H3,(H,67,70)/b15-13-,32-18-. The molecule has 0 spiro atoms. The van der Waals surface area contributed by atoms with Crippen molar-refractivity contribution in [1.29, 1.82) is 0 Å². The Hall–Kier alpha value is -1.66. The van der Waals surface area contributed by atoms with E-state index >= 15 is 0 Å². The van der Waals surface area contributed by atoms with Crippen LogP contribution in [0.25, 0.3) is 0 Å². The fourth-order valence-corrected chi connectivity index (χ4v) is 10.3. The Morgan fingerprint density at radius 2 is 0.694 bits per heavy atom. The Labute approximate surface area is 450 Å². The molecular formula is C66H127NO5. The minimum absolute atomic E-state index is 0.00421. The Morgan fingerprint density at radius 1 is 0.389 bits per heavy atom. The number of unbranched alkanes of at least 4 members (excludes halogenated alkanes) is 46. The van der Waals surface area contributed by atoms with E-state index in [0.717, 1.165) is 51.4 Å². The fourth-order valence-electron chi connectivity index (χ4n) is 10.3. The number of aliphatic hydroxyl groups is 2. The highest BCUT2D eigenvalue weighted by molar-refractivity contribution is 5.76. The summed E-state index contributed by atoms with van der Waals surface area (Å²) < 4.78 is 5.49. The molecule has 0 aliphatic heterocycles. The highest BCUT2D eigenvalue weighted by atomic mass is 16.5. The lowest BCUT2D eigenvalue weighted by Gasteiger charge is -2.22. The Morgan fingerprint density at radius 3 is 1.07 bits per heavy atom. The van der Waals surface area contributed by atoms with Crippen molar-refractivity contribution in [3.63, 3.8) is 0 Å². The van der Waals surface area contributed by atoms with Crippen LogP contribution in [-0.4, -0.2) is 47.4 Å². The number of hydrogen-bond acceptors (Lipinski definition) is 5. The molecule has 0 aromatic carbocycles. The second kappa shape index (κ2) is 61.9. The lowest BCUT2D eigenvalue weighted by Crippen LogP contribution is -2.45. The molecule has 6 nitrogen and oxygen atoms in total. The van der Waals surface area contributed by atoms with Gasteiger partial charge in [0.25, 0.3) is 0 Å². The van der Waals surface area contributed by atoms with Crippen LogP contribution in [0.5, 0.6) is 0 Å². The van der Waals surface area contributed by atoms with Crippen LogP contribution >= 0.6 is 0 Å². The molecule has 0 fully saturated rings. The summed E-state index contributed by atoms with van der Waals surface area (Å²) in [5.74, 6) is -0.0271. The normalized spacial score (nSPS) is 12.7. The number of carbonyl (C=O) groups is 2. The van der Waals surface area contributed by atoms with Gasteiger partial charge in [0.05, 0.1) is 25.4 Å². The molecule has 0 aromatic heterocycles. The number of esters is 1. The van der Waals surface area contributed by atoms with Crippen LogP contribution in [0.4, 0.5) is 0 Å². The molecule has 0 saturated heterocycles. The summed E-state index contributed by atoms with van der Waals surface area (Å²) in [4.78, 5) is 24.5. The van der Waals surface area contributed by atoms with Gasteiger partial charge in [-0.05, 0) is 57.8 Å². The molecule has 0 radical (unpaired) electrons. The zero-order valence-electron chi connectivity index (χ0n) is 48.7. The number of nitrogens with one attached hydrogen (secondary N) is 1. The summed E-state index contributed by atoms with van der Waals surface area (Å²) in [5, 5.41) is 23.3. The average molecular weight is 1010 g/mol. The van der Waals surface area contributed by atoms with Crippen LogP contribution in [0.15, 0.2) is 24.3 Å². The summed E-state index contributed by atoms with van der Waals surface area (Å²) in [6, 6.07) is -0.539. The van der Waals surface area contributed by atoms with Crippen molar-refractivity contribution in [2.24, 2.45) is 0 Å². The second-order valence-corrected chi connectivity index (χ2v) is 22.5. The number of amides is 1. The number of aliphatic hydroxyl groups excluding tert-OH is 2. The summed E-state index contributed by atoms with van der Waals surface area (Å²) in [5.41, 5.74) is 0. The highest BCUT2D eigenvalue weighted by Gasteiger charge is 2.20. The second-order valence-electron chi connectivity index (χ2n) is 22.5. The summed E-state index contributed by atoms with van der Waals surface area (Å²) >= 11 is 0. The summed E-state index contributed by atoms with van der Waals surface area (Å²) in [6.45, 7) is 4.95. The van der Waals surface area contributed by atoms with E-state index < -0.39 is 12.1 Å². The maximum Gasteiger partial charge on any atom is 0.305 e. The molecule has 6 heteroatoms. The molecule has 0 bridgehead atoms. The Bertz CT molecular complexity index is 1120. The molecule has 0 aliphatic rings. The zero-order chi connectivity index (χ0) is 52.2. The summed E-state index contributed by atoms with van der Waals surface area (Å²) in [6.07, 6.45) is 76.3. The van der Waals surface area contributed by atoms with E-state index in [1.807, 2.05) is 0 Å². The van der Waals surface area contributed by atoms with E-state index in [0.29, 0.717) is 25.9 Å². The third-order valence-corrected chi connectivity index (χ3v) is 15.3. The minimum atomic E-state index is -0.662. The molecule has 426 valence electrons. The fraction of sp³-hybridized carbons (Fsp3) is 0.909. The minimum Gasteiger partial charge on any atom is -0.466 e. The van der Waals surface area contributed by atoms with E-state index in [4.69, 9.17) is 4.74 Å². The number of rotatable bonds is 61. The first kappa shape index (κ1) is 70.3. The van der Waals surface area contributed by atoms with Gasteiger partial charge in [-0.25, -0.2) is 0 Å². The zero-order valence-corrected chi connectivity index (χ0v) is 48.7. The quantitative estimate of drug-likeness (QED) is 0.0320. The van der Waals surface area contributed by atoms with Crippen molar-refractivity contribution in [3.05, 3.63) is 24.3 Å². The third kappa shape index (κ3) is 57.6. The van der Waals surface area contributed by atoms with Crippen LogP contribution in [0, 0.1) is 0 Å². The largest absolute Gasteiger partial charge is 0.466 e. The van der Waals surface area contributed by atoms with Crippen molar-refractivity contribution in [2.45, 2.75) is 373 Å². The predicted molar refractivity (Wildman–Crippen MR) is 315 cm³/mol. The van der Waals surface area contributed by atoms with Gasteiger partial charge >= 0.3 is 5.97 Å². The van der Waals surface area contributed by atoms with Crippen LogP contribution < -0.4 is 5.32 Å². The van der Waals surface area contributed by atoms with Crippen LogP contribution in [0.2, 0.25) is 0 Å². The van der Waals surface area contributed by atoms with Gasteiger partial charge in [-0.2, -0.15) is 0 Å². The van der Waals surface area contributed by atoms with Gasteiger partial charge in [0.1, 0.15) is 0 Å². The smallest absolute Gasteiger partial charge is 0.305 e. The van der Waals surface area contributed by atoms with Crippen molar-refractivity contribution < 1.29 is 24.5 Å². The van der Waals surface area contributed by atoms with Gasteiger partial charge < -0.3 is 20.3 Å². The molecule has 1 amide bonds. The van der Waals surface area contributed by atoms with E-state index in [1.54, 1.807) is 0 Å². The lowest BCUT2D eigenvalue weighted by molar-refractivity contribution is -0.143. The molecule has 0 heterocycles. The third-order valence-electron chi connectivity index (χ3n) is 15.3. The number of carbonyl (C=O) groups excluding carboxylic acids is 2. The lowest BCUT2D eigenvalue weighted by atomic mass is 10.0. The Kier molecular flexibility index (Phi) is 60.5. The van der Waals surface area contributed by atoms with E-state index in [2.05, 4.69) is 43.5 Å². The average Bonchev–Trinajstić information content (AvgIpc) is 3.38. The van der Waals surface area contributed by atoms with Gasteiger partial charge in [-0.15, -0.1) is 0 Å². The predicted octanol–water partition coefficient (Wildman–Crippen LogP) is 20.6. The maximum absolute atomic E-state index is 12.5. The molecule has 72 heavy (non-hydrogen) atoms. The first-order valence-electron chi connectivity index (χ1n) is 32.6. The van der Waals surface area contributed by atoms with Gasteiger partial charge in [0, 0.05) is 12.8 Å². The van der Waals surface area contributed by atoms with Crippen molar-refractivity contribution >= 4 is 11.9 Å². The van der Waals surface area contributed by atoms with Crippen LogP contribution in [-0.2, 0) is 14.3 Å². The molecular weight excluding hydrogens is 887 g/mol. The molecule has 0 rings (SSSR count). The van der Waals surface area contributed by atoms with Gasteiger partial charge in [-0.1, -0.05) is 314 Å². The van der Waals surface area contributed by atoms with Crippen molar-refractivity contribution in [1.82, 2.24) is 5.32 Å². The molecule has 2 unspecified atom stereocenters. The maximum atomic E-state index is 12.5. The number of allylic oxidation sites excluding steroid dienone is 4. The Balaban J connectivity index is 3.34. The van der Waals surface area contributed by atoms with Gasteiger partial charge in [-0.3, -0.25) is 9.59 Å². The van der Waals surface area contributed by atoms with Crippen LogP contribution in [0.1, 0.15) is 361 Å².